The van der Waals surface area contributed by atoms with Crippen LogP contribution in [0.25, 0.3) is 5.57 Å². The predicted molar refractivity (Wildman–Crippen MR) is 69.0 cm³/mol. The van der Waals surface area contributed by atoms with Crippen LogP contribution in [0.15, 0.2) is 34.8 Å². The molecule has 1 atom stereocenters. The molecule has 1 N–H and O–H groups in total. The first-order valence-electron chi connectivity index (χ1n) is 5.85. The van der Waals surface area contributed by atoms with Crippen LogP contribution in [-0.4, -0.2) is 18.3 Å². The van der Waals surface area contributed by atoms with Crippen molar-refractivity contribution in [2.24, 2.45) is 4.99 Å². The van der Waals surface area contributed by atoms with Crippen LogP contribution in [0.5, 0.6) is 0 Å². The van der Waals surface area contributed by atoms with Crippen molar-refractivity contribution in [3.63, 3.8) is 0 Å². The first kappa shape index (κ1) is 9.64. The smallest absolute Gasteiger partial charge is 0.0613 e. The Kier molecular flexibility index (Phi) is 2.10. The summed E-state index contributed by atoms with van der Waals surface area (Å²) >= 11 is 0. The first-order valence-corrected chi connectivity index (χ1v) is 5.85. The summed E-state index contributed by atoms with van der Waals surface area (Å²) in [6.07, 6.45) is 1.10. The molecule has 0 bridgehead atoms. The van der Waals surface area contributed by atoms with Crippen LogP contribution in [0.1, 0.15) is 25.8 Å². The molecular weight excluding hydrogens is 196 g/mol. The molecule has 0 aliphatic carbocycles. The van der Waals surface area contributed by atoms with Crippen LogP contribution in [-0.2, 0) is 0 Å². The summed E-state index contributed by atoms with van der Waals surface area (Å²) in [5.41, 5.74) is 6.63. The fourth-order valence-electron chi connectivity index (χ4n) is 2.69. The normalized spacial score (nSPS) is 23.1. The van der Waals surface area contributed by atoms with E-state index in [2.05, 4.69) is 48.4 Å². The summed E-state index contributed by atoms with van der Waals surface area (Å²) in [7, 11) is 0. The standard InChI is InChI=1S/C14H16N2/c1-9-7-11-8-15-10(2)14(11)12-5-3-4-6-13(12)16-9/h3-6,9,16H,7-8H2,1-2H3. The summed E-state index contributed by atoms with van der Waals surface area (Å²) in [6.45, 7) is 5.25. The molecule has 0 saturated carbocycles. The van der Waals surface area contributed by atoms with Crippen LogP contribution in [0, 0.1) is 0 Å². The van der Waals surface area contributed by atoms with Gasteiger partial charge in [0.2, 0.25) is 0 Å². The van der Waals surface area contributed by atoms with Gasteiger partial charge in [-0.05, 0) is 31.9 Å². The third-order valence-electron chi connectivity index (χ3n) is 3.37. The summed E-state index contributed by atoms with van der Waals surface area (Å²) in [5.74, 6) is 0. The topological polar surface area (TPSA) is 24.4 Å². The van der Waals surface area contributed by atoms with E-state index in [1.807, 2.05) is 0 Å². The van der Waals surface area contributed by atoms with E-state index in [1.54, 1.807) is 0 Å². The summed E-state index contributed by atoms with van der Waals surface area (Å²) in [4.78, 5) is 4.57. The van der Waals surface area contributed by atoms with Crippen LogP contribution < -0.4 is 5.32 Å². The monoisotopic (exact) mass is 212 g/mol. The van der Waals surface area contributed by atoms with Gasteiger partial charge in [-0.2, -0.15) is 0 Å². The van der Waals surface area contributed by atoms with Crippen molar-refractivity contribution >= 4 is 17.0 Å². The van der Waals surface area contributed by atoms with Crippen molar-refractivity contribution < 1.29 is 0 Å². The van der Waals surface area contributed by atoms with Gasteiger partial charge >= 0.3 is 0 Å². The van der Waals surface area contributed by atoms with Gasteiger partial charge in [0.15, 0.2) is 0 Å². The van der Waals surface area contributed by atoms with E-state index >= 15 is 0 Å². The average Bonchev–Trinajstić information content (AvgIpc) is 2.55. The number of aliphatic imine (C=N–C) groups is 1. The minimum atomic E-state index is 0.495. The van der Waals surface area contributed by atoms with E-state index in [0.29, 0.717) is 6.04 Å². The fourth-order valence-corrected chi connectivity index (χ4v) is 2.69. The highest BCUT2D eigenvalue weighted by Crippen LogP contribution is 2.36. The molecule has 2 heterocycles. The Morgan fingerprint density at radius 2 is 2.12 bits per heavy atom. The lowest BCUT2D eigenvalue weighted by molar-refractivity contribution is 0.779. The first-order chi connectivity index (χ1) is 7.75. The van der Waals surface area contributed by atoms with Gasteiger partial charge in [0.05, 0.1) is 6.54 Å². The third-order valence-corrected chi connectivity index (χ3v) is 3.37. The van der Waals surface area contributed by atoms with Gasteiger partial charge in [-0.3, -0.25) is 4.99 Å². The number of fused-ring (bicyclic) bond motifs is 2. The summed E-state index contributed by atoms with van der Waals surface area (Å²) in [5, 5.41) is 3.57. The highest BCUT2D eigenvalue weighted by atomic mass is 14.9. The zero-order valence-corrected chi connectivity index (χ0v) is 9.75. The minimum absolute atomic E-state index is 0.495. The molecule has 82 valence electrons. The number of hydrogen-bond donors (Lipinski definition) is 1. The number of rotatable bonds is 0. The second-order valence-electron chi connectivity index (χ2n) is 4.68. The van der Waals surface area contributed by atoms with E-state index in [0.717, 1.165) is 13.0 Å². The number of anilines is 1. The van der Waals surface area contributed by atoms with Gasteiger partial charge in [0, 0.05) is 28.6 Å². The lowest BCUT2D eigenvalue weighted by Gasteiger charge is -2.14. The number of benzene rings is 1. The van der Waals surface area contributed by atoms with Gasteiger partial charge < -0.3 is 5.32 Å². The van der Waals surface area contributed by atoms with E-state index in [-0.39, 0.29) is 0 Å². The molecule has 0 aromatic heterocycles. The maximum atomic E-state index is 4.57. The minimum Gasteiger partial charge on any atom is -0.382 e. The Hall–Kier alpha value is -1.57. The molecule has 0 fully saturated rings. The van der Waals surface area contributed by atoms with Gasteiger partial charge in [0.25, 0.3) is 0 Å². The molecule has 2 nitrogen and oxygen atoms in total. The number of nitrogens with one attached hydrogen (secondary N) is 1. The van der Waals surface area contributed by atoms with Crippen molar-refractivity contribution in [1.29, 1.82) is 0 Å². The van der Waals surface area contributed by atoms with Crippen LogP contribution in [0.4, 0.5) is 5.69 Å². The second-order valence-corrected chi connectivity index (χ2v) is 4.68. The van der Waals surface area contributed by atoms with Gasteiger partial charge in [-0.1, -0.05) is 18.2 Å². The molecule has 16 heavy (non-hydrogen) atoms. The molecule has 3 rings (SSSR count). The van der Waals surface area contributed by atoms with Gasteiger partial charge in [-0.15, -0.1) is 0 Å². The molecular formula is C14H16N2. The average molecular weight is 212 g/mol. The molecule has 0 spiro atoms. The Labute approximate surface area is 96.1 Å². The molecule has 2 aliphatic heterocycles. The van der Waals surface area contributed by atoms with Crippen LogP contribution >= 0.6 is 0 Å². The highest BCUT2D eigenvalue weighted by molar-refractivity contribution is 6.26. The largest absolute Gasteiger partial charge is 0.382 e. The number of para-hydroxylation sites is 1. The number of nitrogens with zero attached hydrogens (tertiary/aromatic N) is 1. The highest BCUT2D eigenvalue weighted by Gasteiger charge is 2.24. The van der Waals surface area contributed by atoms with E-state index in [1.165, 1.54) is 28.1 Å². The van der Waals surface area contributed by atoms with Crippen LogP contribution in [0.3, 0.4) is 0 Å². The van der Waals surface area contributed by atoms with Gasteiger partial charge in [0.1, 0.15) is 0 Å². The molecule has 0 radical (unpaired) electrons. The van der Waals surface area contributed by atoms with Crippen LogP contribution in [0.2, 0.25) is 0 Å². The molecule has 1 unspecified atom stereocenters. The quantitative estimate of drug-likeness (QED) is 0.702. The number of allylic oxidation sites excluding steroid dienone is 1. The maximum absolute atomic E-state index is 4.57. The van der Waals surface area contributed by atoms with E-state index in [9.17, 15) is 0 Å². The molecule has 1 aromatic carbocycles. The lowest BCUT2D eigenvalue weighted by atomic mass is 9.96. The zero-order valence-electron chi connectivity index (χ0n) is 9.75. The van der Waals surface area contributed by atoms with E-state index in [4.69, 9.17) is 0 Å². The maximum Gasteiger partial charge on any atom is 0.0613 e. The molecule has 1 aromatic rings. The zero-order chi connectivity index (χ0) is 11.1. The van der Waals surface area contributed by atoms with Crippen molar-refractivity contribution in [2.45, 2.75) is 26.3 Å². The Morgan fingerprint density at radius 1 is 1.31 bits per heavy atom. The molecule has 0 saturated heterocycles. The third kappa shape index (κ3) is 1.37. The van der Waals surface area contributed by atoms with Gasteiger partial charge in [-0.25, -0.2) is 0 Å². The second kappa shape index (κ2) is 3.48. The Morgan fingerprint density at radius 3 is 3.00 bits per heavy atom. The molecule has 2 heteroatoms. The molecule has 2 aliphatic rings. The predicted octanol–water partition coefficient (Wildman–Crippen LogP) is 3.12. The van der Waals surface area contributed by atoms with Crippen molar-refractivity contribution in [3.8, 4) is 0 Å². The number of hydrogen-bond acceptors (Lipinski definition) is 2. The fraction of sp³-hybridized carbons (Fsp3) is 0.357. The summed E-state index contributed by atoms with van der Waals surface area (Å²) in [6, 6.07) is 9.04. The van der Waals surface area contributed by atoms with E-state index < -0.39 is 0 Å². The van der Waals surface area contributed by atoms with Crippen molar-refractivity contribution in [3.05, 3.63) is 35.4 Å². The van der Waals surface area contributed by atoms with Crippen molar-refractivity contribution in [1.82, 2.24) is 0 Å². The lowest BCUT2D eigenvalue weighted by Crippen LogP contribution is -2.15. The SMILES string of the molecule is CC1=NCC2=C1c1ccccc1NC(C)C2. The Balaban J connectivity index is 2.21. The summed E-state index contributed by atoms with van der Waals surface area (Å²) < 4.78 is 0. The van der Waals surface area contributed by atoms with Crippen molar-refractivity contribution in [2.75, 3.05) is 11.9 Å². The molecule has 0 amide bonds. The Bertz CT molecular complexity index is 497.